The van der Waals surface area contributed by atoms with Gasteiger partial charge >= 0.3 is 11.9 Å². The number of hydrogen-bond acceptors (Lipinski definition) is 3. The molecule has 1 rings (SSSR count). The lowest BCUT2D eigenvalue weighted by Crippen LogP contribution is -2.26. The summed E-state index contributed by atoms with van der Waals surface area (Å²) in [5.41, 5.74) is 0. The zero-order valence-corrected chi connectivity index (χ0v) is 2.80. The van der Waals surface area contributed by atoms with Gasteiger partial charge in [-0.3, -0.25) is 9.59 Å². The molecule has 0 N–H and O–H groups in total. The van der Waals surface area contributed by atoms with Crippen molar-refractivity contribution in [2.24, 2.45) is 0 Å². The Morgan fingerprint density at radius 3 is 2.17 bits per heavy atom. The zero-order valence-electron chi connectivity index (χ0n) is 3.80. The summed E-state index contributed by atoms with van der Waals surface area (Å²) in [6.45, 7) is 0. The molecule has 0 unspecified atom stereocenters. The molecule has 1 saturated heterocycles. The van der Waals surface area contributed by atoms with Crippen LogP contribution in [0.3, 0.4) is 0 Å². The lowest BCUT2D eigenvalue weighted by molar-refractivity contribution is -0.174. The predicted molar refractivity (Wildman–Crippen MR) is 15.7 cm³/mol. The molecule has 0 aromatic carbocycles. The van der Waals surface area contributed by atoms with Gasteiger partial charge in [-0.1, -0.05) is 0 Å². The first-order chi connectivity index (χ1) is 3.22. The van der Waals surface area contributed by atoms with Crippen molar-refractivity contribution in [2.75, 3.05) is 0 Å². The Balaban J connectivity index is 2.59. The van der Waals surface area contributed by atoms with Crippen LogP contribution >= 0.6 is 0 Å². The highest BCUT2D eigenvalue weighted by molar-refractivity contribution is 6.06. The first-order valence-electron chi connectivity index (χ1n) is 1.97. The fourth-order valence-corrected chi connectivity index (χ4v) is 0.196. The van der Waals surface area contributed by atoms with Gasteiger partial charge in [-0.15, -0.1) is 0 Å². The van der Waals surface area contributed by atoms with Gasteiger partial charge in [0.25, 0.3) is 0 Å². The van der Waals surface area contributed by atoms with Gasteiger partial charge in [0.1, 0.15) is 6.40 Å². The smallest absolute Gasteiger partial charge is 0.324 e. The Morgan fingerprint density at radius 2 is 2.17 bits per heavy atom. The van der Waals surface area contributed by atoms with Crippen LogP contribution in [0.15, 0.2) is 0 Å². The molecule has 32 valence electrons. The summed E-state index contributed by atoms with van der Waals surface area (Å²) in [4.78, 5) is 19.6. The maximum Gasteiger partial charge on any atom is 0.324 e. The lowest BCUT2D eigenvalue weighted by atomic mass is 10.4. The Hall–Kier alpha value is -0.860. The van der Waals surface area contributed by atoms with Crippen molar-refractivity contribution in [3.63, 3.8) is 0 Å². The van der Waals surface area contributed by atoms with Crippen LogP contribution in [0.25, 0.3) is 0 Å². The molecule has 1 aliphatic heterocycles. The van der Waals surface area contributed by atoms with Crippen LogP contribution in [0.2, 0.25) is 0 Å². The average molecular weight is 88.1 g/mol. The topological polar surface area (TPSA) is 43.4 Å². The van der Waals surface area contributed by atoms with E-state index >= 15 is 0 Å². The van der Waals surface area contributed by atoms with Crippen molar-refractivity contribution < 1.29 is 15.7 Å². The van der Waals surface area contributed by atoms with Crippen molar-refractivity contribution >= 4 is 11.9 Å². The molecule has 1 fully saturated rings. The molecule has 0 aromatic rings. The molecule has 3 nitrogen and oxygen atoms in total. The number of carbonyl (C=O) groups is 2. The van der Waals surface area contributed by atoms with Crippen LogP contribution in [0.4, 0.5) is 0 Å². The van der Waals surface area contributed by atoms with Gasteiger partial charge in [-0.25, -0.2) is 0 Å². The number of ether oxygens (including phenoxy) is 1. The van der Waals surface area contributed by atoms with Gasteiger partial charge in [0.15, 0.2) is 0 Å². The van der Waals surface area contributed by atoms with E-state index in [1.54, 1.807) is 0 Å². The molecule has 6 heavy (non-hydrogen) atoms. The van der Waals surface area contributed by atoms with Crippen LogP contribution in [0, 0.1) is 0 Å². The summed E-state index contributed by atoms with van der Waals surface area (Å²) in [5, 5.41) is 0. The normalized spacial score (nSPS) is 25.0. The molecule has 0 spiro atoms. The first-order valence-corrected chi connectivity index (χ1v) is 1.39. The second-order valence-electron chi connectivity index (χ2n) is 0.884. The van der Waals surface area contributed by atoms with Gasteiger partial charge in [-0.05, 0) is 0 Å². The molecule has 0 atom stereocenters. The molecule has 0 aliphatic carbocycles. The summed E-state index contributed by atoms with van der Waals surface area (Å²) in [6, 6.07) is 0. The van der Waals surface area contributed by atoms with E-state index in [2.05, 4.69) is 4.74 Å². The number of cyclic esters (lactones) is 2. The Morgan fingerprint density at radius 1 is 1.67 bits per heavy atom. The predicted octanol–water partition coefficient (Wildman–Crippen LogP) is -0.540. The Bertz CT molecular complexity index is 116. The highest BCUT2D eigenvalue weighted by Gasteiger charge is 2.24. The molecular weight excluding hydrogens is 84.0 g/mol. The van der Waals surface area contributed by atoms with Crippen LogP contribution in [-0.4, -0.2) is 11.9 Å². The van der Waals surface area contributed by atoms with Gasteiger partial charge in [0.2, 0.25) is 0 Å². The number of hydrogen-bond donors (Lipinski definition) is 0. The van der Waals surface area contributed by atoms with Crippen LogP contribution < -0.4 is 0 Å². The third kappa shape index (κ3) is 0.282. The van der Waals surface area contributed by atoms with E-state index in [4.69, 9.17) is 1.37 Å². The van der Waals surface area contributed by atoms with Crippen molar-refractivity contribution in [1.82, 2.24) is 0 Å². The summed E-state index contributed by atoms with van der Waals surface area (Å²) < 4.78 is 10.3. The fourth-order valence-electron chi connectivity index (χ4n) is 0.196. The van der Waals surface area contributed by atoms with Gasteiger partial charge in [0.05, 0.1) is 1.37 Å². The monoisotopic (exact) mass is 88.0 g/mol. The van der Waals surface area contributed by atoms with Crippen molar-refractivity contribution in [1.29, 1.82) is 0 Å². The van der Waals surface area contributed by atoms with E-state index in [-0.39, 0.29) is 0 Å². The van der Waals surface area contributed by atoms with Crippen LogP contribution in [0.1, 0.15) is 7.77 Å². The maximum atomic E-state index is 9.81. The minimum atomic E-state index is -1.25. The molecule has 0 bridgehead atoms. The lowest BCUT2D eigenvalue weighted by Gasteiger charge is -2.06. The molecule has 3 heteroatoms. The number of carbonyl (C=O) groups excluding carboxylic acids is 2. The van der Waals surface area contributed by atoms with Crippen LogP contribution in [0.5, 0.6) is 0 Å². The second kappa shape index (κ2) is 0.801. The van der Waals surface area contributed by atoms with Gasteiger partial charge in [-0.2, -0.15) is 0 Å². The number of esters is 2. The van der Waals surface area contributed by atoms with E-state index in [9.17, 15) is 9.59 Å². The van der Waals surface area contributed by atoms with Gasteiger partial charge < -0.3 is 4.74 Å². The van der Waals surface area contributed by atoms with Crippen molar-refractivity contribution in [3.8, 4) is 0 Å². The highest BCUT2D eigenvalue weighted by atomic mass is 16.6. The fraction of sp³-hybridized carbons (Fsp3) is 0.333. The highest BCUT2D eigenvalue weighted by Crippen LogP contribution is 2.00. The first kappa shape index (κ1) is 2.34. The Labute approximate surface area is 35.3 Å². The molecule has 1 aliphatic rings. The summed E-state index contributed by atoms with van der Waals surface area (Å²) in [7, 11) is 0. The summed E-state index contributed by atoms with van der Waals surface area (Å²) in [5.74, 6) is -1.49. The van der Waals surface area contributed by atoms with Gasteiger partial charge in [0, 0.05) is 0 Å². The van der Waals surface area contributed by atoms with E-state index in [1.807, 2.05) is 0 Å². The minimum absolute atomic E-state index is 0.745. The maximum absolute atomic E-state index is 9.81. The van der Waals surface area contributed by atoms with E-state index in [0.717, 1.165) is 0 Å². The third-order valence-electron chi connectivity index (χ3n) is 0.437. The van der Waals surface area contributed by atoms with E-state index in [1.165, 1.54) is 0 Å². The van der Waals surface area contributed by atoms with Crippen molar-refractivity contribution in [3.05, 3.63) is 0 Å². The largest absolute Gasteiger partial charge is 0.392 e. The quantitative estimate of drug-likeness (QED) is 0.295. The molecule has 1 heterocycles. The Kier molecular flexibility index (Phi) is 0.312. The third-order valence-corrected chi connectivity index (χ3v) is 0.437. The molecule has 0 amide bonds. The van der Waals surface area contributed by atoms with E-state index in [0.29, 0.717) is 0 Å². The van der Waals surface area contributed by atoms with Crippen LogP contribution in [-0.2, 0) is 14.3 Å². The second-order valence-corrected chi connectivity index (χ2v) is 0.884. The molecular formula is C3H2O3. The summed E-state index contributed by atoms with van der Waals surface area (Å²) in [6.07, 6.45) is -1.25. The van der Waals surface area contributed by atoms with Crippen molar-refractivity contribution in [2.45, 2.75) is 6.40 Å². The summed E-state index contributed by atoms with van der Waals surface area (Å²) >= 11 is 0. The molecule has 0 radical (unpaired) electrons. The minimum Gasteiger partial charge on any atom is -0.392 e. The molecule has 0 saturated carbocycles. The molecule has 0 aromatic heterocycles. The van der Waals surface area contributed by atoms with E-state index < -0.39 is 18.3 Å². The average Bonchev–Trinajstić information content (AvgIpc) is 1.68. The SMILES string of the molecule is [3H]C1C(=O)OC1=O. The number of rotatable bonds is 0. The zero-order chi connectivity index (χ0) is 5.44. The standard InChI is InChI=1S/C3H2O3/c4-2-1-3(5)6-2/h1H2/i1T.